The third-order valence-corrected chi connectivity index (χ3v) is 10.1. The molecule has 0 spiro atoms. The molecule has 7 heteroatoms. The third-order valence-electron chi connectivity index (χ3n) is 7.85. The Morgan fingerprint density at radius 3 is 1.52 bits per heavy atom. The second kappa shape index (κ2) is 26.6. The summed E-state index contributed by atoms with van der Waals surface area (Å²) < 4.78 is 30.6. The highest BCUT2D eigenvalue weighted by Crippen LogP contribution is 2.47. The maximum Gasteiger partial charge on any atom is 0.193 e. The lowest BCUT2D eigenvalue weighted by molar-refractivity contribution is -0.884. The van der Waals surface area contributed by atoms with Crippen LogP contribution in [0, 0.1) is 0 Å². The van der Waals surface area contributed by atoms with Crippen molar-refractivity contribution in [1.82, 2.24) is 0 Å². The van der Waals surface area contributed by atoms with Crippen LogP contribution in [0.3, 0.4) is 0 Å². The topological polar surface area (TPSA) is 67.8 Å². The van der Waals surface area contributed by atoms with E-state index >= 15 is 0 Å². The van der Waals surface area contributed by atoms with Gasteiger partial charge in [0, 0.05) is 13.0 Å². The summed E-state index contributed by atoms with van der Waals surface area (Å²) in [6.45, 7) is 11.0. The van der Waals surface area contributed by atoms with E-state index in [9.17, 15) is 9.46 Å². The van der Waals surface area contributed by atoms with E-state index in [0.717, 1.165) is 19.3 Å². The molecule has 0 aromatic rings. The fourth-order valence-electron chi connectivity index (χ4n) is 5.51. The standard InChI is InChI=1S/C37H74NO5P/c1-9-11-12-13-14-15-16-17-18-19-20-21-22-23-24-25-26-27-28-29-30-31-32-41-33-35(43-37(3,4)5)34-42-44(39,40)36(10-2)38(6,7)8/h14-15,26-27,35-36H,9-13,16-25,28-34H2,1-8H3/b15-14-,27-26-/t35-,36?/m1/s1. The molecule has 0 bridgehead atoms. The van der Waals surface area contributed by atoms with Crippen LogP contribution in [0.5, 0.6) is 0 Å². The van der Waals surface area contributed by atoms with Crippen LogP contribution in [0.2, 0.25) is 0 Å². The van der Waals surface area contributed by atoms with E-state index in [4.69, 9.17) is 14.0 Å². The summed E-state index contributed by atoms with van der Waals surface area (Å²) in [6, 6.07) is 0. The number of nitrogens with zero attached hydrogens (tertiary/aromatic N) is 1. The highest BCUT2D eigenvalue weighted by Gasteiger charge is 2.34. The Hall–Kier alpha value is -0.490. The van der Waals surface area contributed by atoms with Gasteiger partial charge in [-0.05, 0) is 78.6 Å². The first-order chi connectivity index (χ1) is 20.8. The zero-order valence-electron chi connectivity index (χ0n) is 30.5. The minimum atomic E-state index is -4.05. The summed E-state index contributed by atoms with van der Waals surface area (Å²) in [4.78, 5) is 12.8. The SMILES string of the molecule is CCCCC/C=C\CCCCCCCCCC/C=C\CCCCCOC[C@H](COP(=O)([O-])C(CC)[N+](C)(C)C)OC(C)(C)C. The summed E-state index contributed by atoms with van der Waals surface area (Å²) in [5.41, 5.74) is -0.411. The van der Waals surface area contributed by atoms with Crippen molar-refractivity contribution in [3.8, 4) is 0 Å². The number of unbranched alkanes of at least 4 members (excludes halogenated alkanes) is 15. The second-order valence-electron chi connectivity index (χ2n) is 14.5. The quantitative estimate of drug-likeness (QED) is 0.0337. The normalized spacial score (nSPS) is 15.8. The Balaban J connectivity index is 3.85. The minimum absolute atomic E-state index is 0.0172. The van der Waals surface area contributed by atoms with Crippen molar-refractivity contribution >= 4 is 7.60 Å². The molecule has 44 heavy (non-hydrogen) atoms. The van der Waals surface area contributed by atoms with Crippen LogP contribution in [0.15, 0.2) is 24.3 Å². The lowest BCUT2D eigenvalue weighted by atomic mass is 10.1. The molecule has 262 valence electrons. The number of hydrogen-bond acceptors (Lipinski definition) is 5. The van der Waals surface area contributed by atoms with Crippen LogP contribution in [0.4, 0.5) is 0 Å². The molecular weight excluding hydrogens is 569 g/mol. The van der Waals surface area contributed by atoms with E-state index in [2.05, 4.69) is 31.2 Å². The Morgan fingerprint density at radius 2 is 1.11 bits per heavy atom. The van der Waals surface area contributed by atoms with E-state index in [1.165, 1.54) is 96.3 Å². The number of quaternary nitrogens is 1. The number of hydrogen-bond donors (Lipinski definition) is 0. The van der Waals surface area contributed by atoms with Crippen molar-refractivity contribution < 1.29 is 27.9 Å². The number of ether oxygens (including phenoxy) is 2. The third kappa shape index (κ3) is 26.7. The highest BCUT2D eigenvalue weighted by atomic mass is 31.2. The average Bonchev–Trinajstić information content (AvgIpc) is 2.92. The molecule has 0 radical (unpaired) electrons. The van der Waals surface area contributed by atoms with Crippen LogP contribution < -0.4 is 4.89 Å². The molecule has 0 amide bonds. The van der Waals surface area contributed by atoms with Crippen molar-refractivity contribution in [2.75, 3.05) is 41.0 Å². The van der Waals surface area contributed by atoms with Crippen molar-refractivity contribution in [2.24, 2.45) is 0 Å². The lowest BCUT2D eigenvalue weighted by Crippen LogP contribution is -2.47. The fourth-order valence-corrected chi connectivity index (χ4v) is 7.35. The van der Waals surface area contributed by atoms with Crippen LogP contribution in [-0.2, 0) is 18.6 Å². The molecule has 0 aliphatic heterocycles. The molecule has 0 N–H and O–H groups in total. The fraction of sp³-hybridized carbons (Fsp3) is 0.892. The summed E-state index contributed by atoms with van der Waals surface area (Å²) in [5, 5.41) is 0. The van der Waals surface area contributed by atoms with Gasteiger partial charge in [0.2, 0.25) is 0 Å². The van der Waals surface area contributed by atoms with Gasteiger partial charge in [-0.1, -0.05) is 95.9 Å². The summed E-state index contributed by atoms with van der Waals surface area (Å²) in [5.74, 6) is -0.588. The smallest absolute Gasteiger partial charge is 0.193 e. The van der Waals surface area contributed by atoms with Gasteiger partial charge in [-0.2, -0.15) is 0 Å². The van der Waals surface area contributed by atoms with Gasteiger partial charge in [0.1, 0.15) is 6.10 Å². The van der Waals surface area contributed by atoms with E-state index in [1.54, 1.807) is 0 Å². The second-order valence-corrected chi connectivity index (χ2v) is 16.4. The van der Waals surface area contributed by atoms with Crippen molar-refractivity contribution in [1.29, 1.82) is 0 Å². The molecule has 0 fully saturated rings. The van der Waals surface area contributed by atoms with Gasteiger partial charge in [-0.15, -0.1) is 0 Å². The zero-order valence-corrected chi connectivity index (χ0v) is 31.4. The predicted octanol–water partition coefficient (Wildman–Crippen LogP) is 10.4. The van der Waals surface area contributed by atoms with Crippen LogP contribution in [-0.4, -0.2) is 62.9 Å². The van der Waals surface area contributed by atoms with E-state index in [1.807, 2.05) is 48.8 Å². The molecule has 2 unspecified atom stereocenters. The largest absolute Gasteiger partial charge is 0.774 e. The molecule has 6 nitrogen and oxygen atoms in total. The van der Waals surface area contributed by atoms with Gasteiger partial charge in [-0.3, -0.25) is 0 Å². The van der Waals surface area contributed by atoms with Gasteiger partial charge in [-0.25, -0.2) is 0 Å². The molecule has 0 saturated heterocycles. The van der Waals surface area contributed by atoms with E-state index in [0.29, 0.717) is 24.1 Å². The maximum atomic E-state index is 12.8. The molecule has 3 atom stereocenters. The van der Waals surface area contributed by atoms with Crippen LogP contribution >= 0.6 is 7.60 Å². The Kier molecular flexibility index (Phi) is 26.3. The lowest BCUT2D eigenvalue weighted by Gasteiger charge is -2.41. The molecule has 0 rings (SSSR count). The molecule has 0 aromatic carbocycles. The first-order valence-electron chi connectivity index (χ1n) is 18.2. The van der Waals surface area contributed by atoms with Crippen LogP contribution in [0.1, 0.15) is 157 Å². The maximum absolute atomic E-state index is 12.8. The first-order valence-corrected chi connectivity index (χ1v) is 19.8. The Morgan fingerprint density at radius 1 is 0.682 bits per heavy atom. The van der Waals surface area contributed by atoms with Crippen LogP contribution in [0.25, 0.3) is 0 Å². The molecule has 0 aliphatic rings. The molecule has 0 heterocycles. The molecule has 0 saturated carbocycles. The highest BCUT2D eigenvalue weighted by molar-refractivity contribution is 7.51. The summed E-state index contributed by atoms with van der Waals surface area (Å²) in [6.07, 6.45) is 32.7. The molecular formula is C37H74NO5P. The van der Waals surface area contributed by atoms with E-state index in [-0.39, 0.29) is 6.61 Å². The Bertz CT molecular complexity index is 756. The van der Waals surface area contributed by atoms with Gasteiger partial charge in [0.05, 0.1) is 40.0 Å². The molecule has 0 aliphatic carbocycles. The summed E-state index contributed by atoms with van der Waals surface area (Å²) >= 11 is 0. The van der Waals surface area contributed by atoms with Crippen molar-refractivity contribution in [3.05, 3.63) is 24.3 Å². The van der Waals surface area contributed by atoms with Crippen molar-refractivity contribution in [3.63, 3.8) is 0 Å². The Labute approximate surface area is 274 Å². The van der Waals surface area contributed by atoms with Gasteiger partial charge < -0.3 is 27.9 Å². The van der Waals surface area contributed by atoms with Crippen molar-refractivity contribution in [2.45, 2.75) is 174 Å². The van der Waals surface area contributed by atoms with Gasteiger partial charge in [0.25, 0.3) is 0 Å². The zero-order chi connectivity index (χ0) is 33.2. The van der Waals surface area contributed by atoms with Gasteiger partial charge >= 0.3 is 0 Å². The summed E-state index contributed by atoms with van der Waals surface area (Å²) in [7, 11) is 1.59. The predicted molar refractivity (Wildman–Crippen MR) is 188 cm³/mol. The number of rotatable bonds is 30. The average molecular weight is 644 g/mol. The van der Waals surface area contributed by atoms with Gasteiger partial charge in [0.15, 0.2) is 13.4 Å². The first kappa shape index (κ1) is 43.5. The molecule has 0 aromatic heterocycles. The monoisotopic (exact) mass is 644 g/mol. The van der Waals surface area contributed by atoms with E-state index < -0.39 is 25.1 Å². The minimum Gasteiger partial charge on any atom is -0.774 e. The number of allylic oxidation sites excluding steroid dienone is 4.